The largest absolute Gasteiger partial charge is 0.392 e. The van der Waals surface area contributed by atoms with E-state index in [-0.39, 0.29) is 18.0 Å². The topological polar surface area (TPSA) is 79.3 Å². The van der Waals surface area contributed by atoms with Gasteiger partial charge in [0.1, 0.15) is 5.01 Å². The van der Waals surface area contributed by atoms with E-state index < -0.39 is 10.0 Å². The van der Waals surface area contributed by atoms with Crippen LogP contribution in [0.15, 0.2) is 34.7 Å². The lowest BCUT2D eigenvalue weighted by atomic mass is 10.1. The molecule has 0 saturated heterocycles. The van der Waals surface area contributed by atoms with Gasteiger partial charge in [-0.1, -0.05) is 12.1 Å². The van der Waals surface area contributed by atoms with Crippen molar-refractivity contribution in [3.63, 3.8) is 0 Å². The number of benzene rings is 1. The van der Waals surface area contributed by atoms with E-state index in [1.165, 1.54) is 17.4 Å². The Morgan fingerprint density at radius 2 is 2.21 bits per heavy atom. The first-order chi connectivity index (χ1) is 9.04. The van der Waals surface area contributed by atoms with Gasteiger partial charge >= 0.3 is 0 Å². The number of sulfonamides is 1. The lowest BCUT2D eigenvalue weighted by Gasteiger charge is -2.10. The van der Waals surface area contributed by atoms with E-state index in [4.69, 9.17) is 5.11 Å². The van der Waals surface area contributed by atoms with Crippen molar-refractivity contribution in [1.29, 1.82) is 0 Å². The molecule has 19 heavy (non-hydrogen) atoms. The second-order valence-corrected chi connectivity index (χ2v) is 6.66. The van der Waals surface area contributed by atoms with E-state index in [0.29, 0.717) is 16.1 Å². The van der Waals surface area contributed by atoms with Gasteiger partial charge in [0.25, 0.3) is 0 Å². The van der Waals surface area contributed by atoms with Crippen LogP contribution in [0.1, 0.15) is 16.1 Å². The van der Waals surface area contributed by atoms with Crippen molar-refractivity contribution in [2.45, 2.75) is 25.0 Å². The van der Waals surface area contributed by atoms with Crippen LogP contribution < -0.4 is 4.72 Å². The number of rotatable bonds is 5. The van der Waals surface area contributed by atoms with Crippen LogP contribution in [0.2, 0.25) is 0 Å². The zero-order valence-corrected chi connectivity index (χ0v) is 12.0. The summed E-state index contributed by atoms with van der Waals surface area (Å²) >= 11 is 1.39. The number of nitrogens with one attached hydrogen (secondary N) is 1. The Hall–Kier alpha value is -1.28. The molecule has 0 saturated carbocycles. The molecule has 0 atom stereocenters. The Morgan fingerprint density at radius 3 is 2.84 bits per heavy atom. The van der Waals surface area contributed by atoms with E-state index in [9.17, 15) is 8.42 Å². The SMILES string of the molecule is Cc1c(CO)cccc1S(=O)(=O)NCc1nccs1. The standard InChI is InChI=1S/C12H14N2O3S2/c1-9-10(8-15)3-2-4-11(9)19(16,17)14-7-12-13-5-6-18-12/h2-6,14-15H,7-8H2,1H3. The number of nitrogens with zero attached hydrogens (tertiary/aromatic N) is 1. The van der Waals surface area contributed by atoms with Gasteiger partial charge in [-0.05, 0) is 24.1 Å². The van der Waals surface area contributed by atoms with Gasteiger partial charge in [-0.2, -0.15) is 0 Å². The second kappa shape index (κ2) is 5.79. The lowest BCUT2D eigenvalue weighted by Crippen LogP contribution is -2.24. The Kier molecular flexibility index (Phi) is 4.31. The van der Waals surface area contributed by atoms with Crippen molar-refractivity contribution in [1.82, 2.24) is 9.71 Å². The van der Waals surface area contributed by atoms with Crippen molar-refractivity contribution in [2.24, 2.45) is 0 Å². The van der Waals surface area contributed by atoms with Crippen molar-refractivity contribution in [2.75, 3.05) is 0 Å². The molecule has 5 nitrogen and oxygen atoms in total. The van der Waals surface area contributed by atoms with Crippen molar-refractivity contribution in [3.8, 4) is 0 Å². The van der Waals surface area contributed by atoms with Gasteiger partial charge in [-0.15, -0.1) is 11.3 Å². The summed E-state index contributed by atoms with van der Waals surface area (Å²) in [7, 11) is -3.59. The summed E-state index contributed by atoms with van der Waals surface area (Å²) in [6.07, 6.45) is 1.63. The summed E-state index contributed by atoms with van der Waals surface area (Å²) in [5.41, 5.74) is 1.17. The highest BCUT2D eigenvalue weighted by Gasteiger charge is 2.18. The van der Waals surface area contributed by atoms with E-state index in [2.05, 4.69) is 9.71 Å². The minimum atomic E-state index is -3.59. The molecular weight excluding hydrogens is 284 g/mol. The predicted molar refractivity (Wildman–Crippen MR) is 73.2 cm³/mol. The Bertz CT molecular complexity index is 652. The number of aliphatic hydroxyl groups excluding tert-OH is 1. The van der Waals surface area contributed by atoms with Gasteiger partial charge in [-0.3, -0.25) is 0 Å². The van der Waals surface area contributed by atoms with Gasteiger partial charge in [0.15, 0.2) is 0 Å². The molecule has 7 heteroatoms. The maximum atomic E-state index is 12.2. The van der Waals surface area contributed by atoms with Crippen LogP contribution >= 0.6 is 11.3 Å². The van der Waals surface area contributed by atoms with Gasteiger partial charge in [-0.25, -0.2) is 18.1 Å². The highest BCUT2D eigenvalue weighted by atomic mass is 32.2. The van der Waals surface area contributed by atoms with E-state index in [0.717, 1.165) is 0 Å². The van der Waals surface area contributed by atoms with Gasteiger partial charge in [0.2, 0.25) is 10.0 Å². The lowest BCUT2D eigenvalue weighted by molar-refractivity contribution is 0.280. The van der Waals surface area contributed by atoms with Gasteiger partial charge in [0, 0.05) is 11.6 Å². The molecule has 0 aliphatic heterocycles. The van der Waals surface area contributed by atoms with Crippen LogP contribution in [-0.4, -0.2) is 18.5 Å². The number of aromatic nitrogens is 1. The van der Waals surface area contributed by atoms with Gasteiger partial charge in [0.05, 0.1) is 18.0 Å². The van der Waals surface area contributed by atoms with Crippen molar-refractivity contribution in [3.05, 3.63) is 45.9 Å². The van der Waals surface area contributed by atoms with Crippen LogP contribution in [0.25, 0.3) is 0 Å². The second-order valence-electron chi connectivity index (χ2n) is 3.95. The van der Waals surface area contributed by atoms with Crippen LogP contribution in [0.3, 0.4) is 0 Å². The van der Waals surface area contributed by atoms with E-state index in [1.54, 1.807) is 30.6 Å². The quantitative estimate of drug-likeness (QED) is 0.875. The summed E-state index contributed by atoms with van der Waals surface area (Å²) in [5, 5.41) is 11.7. The molecule has 0 bridgehead atoms. The highest BCUT2D eigenvalue weighted by Crippen LogP contribution is 2.19. The molecule has 0 fully saturated rings. The summed E-state index contributed by atoms with van der Waals surface area (Å²) in [5.74, 6) is 0. The first-order valence-corrected chi connectivity index (χ1v) is 7.98. The maximum absolute atomic E-state index is 12.2. The number of hydrogen-bond acceptors (Lipinski definition) is 5. The first-order valence-electron chi connectivity index (χ1n) is 5.62. The Morgan fingerprint density at radius 1 is 1.42 bits per heavy atom. The normalized spacial score (nSPS) is 11.7. The summed E-state index contributed by atoms with van der Waals surface area (Å²) in [6, 6.07) is 4.85. The molecule has 102 valence electrons. The fourth-order valence-corrected chi connectivity index (χ4v) is 3.62. The van der Waals surface area contributed by atoms with Crippen LogP contribution in [0.5, 0.6) is 0 Å². The third-order valence-electron chi connectivity index (χ3n) is 2.75. The van der Waals surface area contributed by atoms with E-state index >= 15 is 0 Å². The number of thiazole rings is 1. The van der Waals surface area contributed by atoms with E-state index in [1.807, 2.05) is 0 Å². The summed E-state index contributed by atoms with van der Waals surface area (Å²) < 4.78 is 26.9. The molecule has 2 N–H and O–H groups in total. The Balaban J connectivity index is 2.24. The van der Waals surface area contributed by atoms with Crippen molar-refractivity contribution >= 4 is 21.4 Å². The predicted octanol–water partition coefficient (Wildman–Crippen LogP) is 1.42. The van der Waals surface area contributed by atoms with Crippen molar-refractivity contribution < 1.29 is 13.5 Å². The molecule has 1 aromatic carbocycles. The molecule has 0 amide bonds. The molecular formula is C12H14N2O3S2. The minimum absolute atomic E-state index is 0.169. The highest BCUT2D eigenvalue weighted by molar-refractivity contribution is 7.89. The number of aliphatic hydroxyl groups is 1. The zero-order valence-electron chi connectivity index (χ0n) is 10.3. The molecule has 1 heterocycles. The molecule has 1 aromatic heterocycles. The average molecular weight is 298 g/mol. The van der Waals surface area contributed by atoms with Crippen LogP contribution in [0, 0.1) is 6.92 Å². The third-order valence-corrected chi connectivity index (χ3v) is 5.08. The molecule has 0 aliphatic rings. The van der Waals surface area contributed by atoms with Crippen LogP contribution in [-0.2, 0) is 23.2 Å². The molecule has 2 aromatic rings. The monoisotopic (exact) mass is 298 g/mol. The average Bonchev–Trinajstić information content (AvgIpc) is 2.90. The summed E-state index contributed by atoms with van der Waals surface area (Å²) in [4.78, 5) is 4.21. The molecule has 0 aliphatic carbocycles. The molecule has 0 unspecified atom stereocenters. The summed E-state index contributed by atoms with van der Waals surface area (Å²) in [6.45, 7) is 1.67. The van der Waals surface area contributed by atoms with Gasteiger partial charge < -0.3 is 5.11 Å². The molecule has 2 rings (SSSR count). The first kappa shape index (κ1) is 14.1. The molecule has 0 spiro atoms. The fraction of sp³-hybridized carbons (Fsp3) is 0.250. The third kappa shape index (κ3) is 3.19. The smallest absolute Gasteiger partial charge is 0.241 e. The minimum Gasteiger partial charge on any atom is -0.392 e. The van der Waals surface area contributed by atoms with Crippen LogP contribution in [0.4, 0.5) is 0 Å². The maximum Gasteiger partial charge on any atom is 0.241 e. The zero-order chi connectivity index (χ0) is 13.9. The molecule has 0 radical (unpaired) electrons. The fourth-order valence-electron chi connectivity index (χ4n) is 1.70. The number of hydrogen-bond donors (Lipinski definition) is 2. The Labute approximate surface area is 116 Å².